The van der Waals surface area contributed by atoms with Gasteiger partial charge in [-0.1, -0.05) is 35.9 Å². The molecule has 3 nitrogen and oxygen atoms in total. The van der Waals surface area contributed by atoms with Gasteiger partial charge in [0.15, 0.2) is 0 Å². The number of hydrogen-bond donors (Lipinski definition) is 1. The number of fused-ring (bicyclic) bond motifs is 1. The van der Waals surface area contributed by atoms with E-state index < -0.39 is 0 Å². The second kappa shape index (κ2) is 5.88. The minimum Gasteiger partial charge on any atom is -0.330 e. The monoisotopic (exact) mass is 300 g/mol. The maximum atomic E-state index is 12.7. The number of nitrogens with two attached hydrogens (primary N) is 1. The highest BCUT2D eigenvalue weighted by atomic mass is 35.5. The molecule has 0 radical (unpaired) electrons. The van der Waals surface area contributed by atoms with Crippen molar-refractivity contribution in [1.82, 2.24) is 4.90 Å². The minimum absolute atomic E-state index is 0.0108. The first kappa shape index (κ1) is 14.1. The molecule has 2 N–H and O–H groups in total. The Kier molecular flexibility index (Phi) is 3.95. The van der Waals surface area contributed by atoms with Crippen molar-refractivity contribution in [1.29, 1.82) is 0 Å². The molecule has 1 heterocycles. The molecule has 1 atom stereocenters. The molecular weight excluding hydrogens is 284 g/mol. The molecule has 0 bridgehead atoms. The summed E-state index contributed by atoms with van der Waals surface area (Å²) in [4.78, 5) is 14.6. The van der Waals surface area contributed by atoms with Gasteiger partial charge in [0.1, 0.15) is 0 Å². The van der Waals surface area contributed by atoms with Gasteiger partial charge >= 0.3 is 0 Å². The van der Waals surface area contributed by atoms with Crippen LogP contribution in [0.5, 0.6) is 0 Å². The number of hydrogen-bond acceptors (Lipinski definition) is 2. The largest absolute Gasteiger partial charge is 0.330 e. The van der Waals surface area contributed by atoms with Crippen molar-refractivity contribution >= 4 is 17.5 Å². The van der Waals surface area contributed by atoms with Gasteiger partial charge in [-0.05, 0) is 41.8 Å². The van der Waals surface area contributed by atoms with Gasteiger partial charge < -0.3 is 10.6 Å². The van der Waals surface area contributed by atoms with Crippen LogP contribution in [-0.2, 0) is 13.0 Å². The third-order valence-electron chi connectivity index (χ3n) is 3.98. The molecule has 108 valence electrons. The van der Waals surface area contributed by atoms with Gasteiger partial charge in [0.2, 0.25) is 0 Å². The number of rotatable bonds is 2. The van der Waals surface area contributed by atoms with Crippen molar-refractivity contribution < 1.29 is 4.79 Å². The number of amides is 1. The minimum atomic E-state index is 0.0108. The fourth-order valence-corrected chi connectivity index (χ4v) is 2.92. The summed E-state index contributed by atoms with van der Waals surface area (Å²) in [6.45, 7) is 1.08. The normalized spacial score (nSPS) is 17.4. The lowest BCUT2D eigenvalue weighted by atomic mass is 9.93. The van der Waals surface area contributed by atoms with Crippen LogP contribution in [0.25, 0.3) is 0 Å². The zero-order chi connectivity index (χ0) is 14.8. The molecule has 1 aliphatic heterocycles. The highest BCUT2D eigenvalue weighted by Gasteiger charge is 2.29. The van der Waals surface area contributed by atoms with E-state index in [4.69, 9.17) is 17.3 Å². The van der Waals surface area contributed by atoms with Crippen molar-refractivity contribution in [3.8, 4) is 0 Å². The Morgan fingerprint density at radius 1 is 1.14 bits per heavy atom. The standard InChI is InChI=1S/C17H17ClN2O/c18-15-7-5-12(6-8-15)17(21)20-11-14-4-2-1-3-13(14)9-16(20)10-19/h1-8,16H,9-11,19H2/t16-/m0/s1. The van der Waals surface area contributed by atoms with Gasteiger partial charge in [-0.15, -0.1) is 0 Å². The summed E-state index contributed by atoms with van der Waals surface area (Å²) in [5.41, 5.74) is 9.01. The van der Waals surface area contributed by atoms with Gasteiger partial charge in [-0.25, -0.2) is 0 Å². The van der Waals surface area contributed by atoms with E-state index in [0.717, 1.165) is 6.42 Å². The van der Waals surface area contributed by atoms with Crippen LogP contribution in [0.2, 0.25) is 5.02 Å². The molecule has 0 spiro atoms. The topological polar surface area (TPSA) is 46.3 Å². The Bertz CT molecular complexity index is 654. The van der Waals surface area contributed by atoms with Crippen LogP contribution < -0.4 is 5.73 Å². The number of carbonyl (C=O) groups is 1. The fourth-order valence-electron chi connectivity index (χ4n) is 2.79. The first-order chi connectivity index (χ1) is 10.2. The predicted octanol–water partition coefficient (Wildman–Crippen LogP) is 2.87. The van der Waals surface area contributed by atoms with Crippen LogP contribution in [0, 0.1) is 0 Å². The zero-order valence-corrected chi connectivity index (χ0v) is 12.4. The average Bonchev–Trinajstić information content (AvgIpc) is 2.53. The van der Waals surface area contributed by atoms with Gasteiger partial charge in [0.25, 0.3) is 5.91 Å². The summed E-state index contributed by atoms with van der Waals surface area (Å²) < 4.78 is 0. The van der Waals surface area contributed by atoms with Crippen molar-refractivity contribution in [3.05, 3.63) is 70.2 Å². The van der Waals surface area contributed by atoms with Crippen LogP contribution in [0.3, 0.4) is 0 Å². The molecule has 1 aliphatic rings. The van der Waals surface area contributed by atoms with Crippen LogP contribution >= 0.6 is 11.6 Å². The maximum absolute atomic E-state index is 12.7. The van der Waals surface area contributed by atoms with E-state index in [1.165, 1.54) is 11.1 Å². The molecule has 2 aromatic carbocycles. The predicted molar refractivity (Wildman–Crippen MR) is 84.3 cm³/mol. The van der Waals surface area contributed by atoms with E-state index >= 15 is 0 Å². The van der Waals surface area contributed by atoms with E-state index in [-0.39, 0.29) is 11.9 Å². The molecule has 0 saturated carbocycles. The summed E-state index contributed by atoms with van der Waals surface area (Å²) in [7, 11) is 0. The summed E-state index contributed by atoms with van der Waals surface area (Å²) in [5, 5.41) is 0.630. The van der Waals surface area contributed by atoms with Crippen LogP contribution in [-0.4, -0.2) is 23.4 Å². The van der Waals surface area contributed by atoms with Gasteiger partial charge in [-0.2, -0.15) is 0 Å². The lowest BCUT2D eigenvalue weighted by Crippen LogP contribution is -2.48. The molecule has 4 heteroatoms. The lowest BCUT2D eigenvalue weighted by Gasteiger charge is -2.36. The molecule has 21 heavy (non-hydrogen) atoms. The fraction of sp³-hybridized carbons (Fsp3) is 0.235. The average molecular weight is 301 g/mol. The quantitative estimate of drug-likeness (QED) is 0.927. The zero-order valence-electron chi connectivity index (χ0n) is 11.6. The second-order valence-electron chi connectivity index (χ2n) is 5.30. The molecule has 0 aliphatic carbocycles. The number of benzene rings is 2. The first-order valence-corrected chi connectivity index (χ1v) is 7.40. The summed E-state index contributed by atoms with van der Waals surface area (Å²) in [6.07, 6.45) is 0.812. The first-order valence-electron chi connectivity index (χ1n) is 7.02. The molecule has 0 aromatic heterocycles. The van der Waals surface area contributed by atoms with Crippen LogP contribution in [0.1, 0.15) is 21.5 Å². The SMILES string of the molecule is NC[C@@H]1Cc2ccccc2CN1C(=O)c1ccc(Cl)cc1. The summed E-state index contributed by atoms with van der Waals surface area (Å²) >= 11 is 5.88. The molecule has 1 amide bonds. The van der Waals surface area contributed by atoms with E-state index in [1.807, 2.05) is 17.0 Å². The molecule has 0 saturated heterocycles. The van der Waals surface area contributed by atoms with E-state index in [2.05, 4.69) is 12.1 Å². The van der Waals surface area contributed by atoms with E-state index in [0.29, 0.717) is 23.7 Å². The Labute approximate surface area is 129 Å². The van der Waals surface area contributed by atoms with Crippen LogP contribution in [0.4, 0.5) is 0 Å². The highest BCUT2D eigenvalue weighted by Crippen LogP contribution is 2.24. The third-order valence-corrected chi connectivity index (χ3v) is 4.23. The van der Waals surface area contributed by atoms with E-state index in [1.54, 1.807) is 24.3 Å². The highest BCUT2D eigenvalue weighted by molar-refractivity contribution is 6.30. The molecule has 0 fully saturated rings. The lowest BCUT2D eigenvalue weighted by molar-refractivity contribution is 0.0648. The van der Waals surface area contributed by atoms with Gasteiger partial charge in [-0.3, -0.25) is 4.79 Å². The van der Waals surface area contributed by atoms with Crippen molar-refractivity contribution in [2.75, 3.05) is 6.54 Å². The van der Waals surface area contributed by atoms with Crippen molar-refractivity contribution in [2.24, 2.45) is 5.73 Å². The molecule has 3 rings (SSSR count). The van der Waals surface area contributed by atoms with Crippen molar-refractivity contribution in [2.45, 2.75) is 19.0 Å². The van der Waals surface area contributed by atoms with Gasteiger partial charge in [0.05, 0.1) is 0 Å². The Morgan fingerprint density at radius 3 is 2.48 bits per heavy atom. The number of halogens is 1. The summed E-state index contributed by atoms with van der Waals surface area (Å²) in [5.74, 6) is 0.0108. The smallest absolute Gasteiger partial charge is 0.254 e. The molecular formula is C17H17ClN2O. The maximum Gasteiger partial charge on any atom is 0.254 e. The third kappa shape index (κ3) is 2.80. The summed E-state index contributed by atoms with van der Waals surface area (Å²) in [6, 6.07) is 15.3. The Morgan fingerprint density at radius 2 is 1.81 bits per heavy atom. The van der Waals surface area contributed by atoms with E-state index in [9.17, 15) is 4.79 Å². The van der Waals surface area contributed by atoms with Crippen LogP contribution in [0.15, 0.2) is 48.5 Å². The van der Waals surface area contributed by atoms with Crippen molar-refractivity contribution in [3.63, 3.8) is 0 Å². The molecule has 0 unspecified atom stereocenters. The second-order valence-corrected chi connectivity index (χ2v) is 5.74. The number of carbonyl (C=O) groups excluding carboxylic acids is 1. The number of nitrogens with zero attached hydrogens (tertiary/aromatic N) is 1. The Balaban J connectivity index is 1.90. The van der Waals surface area contributed by atoms with Gasteiger partial charge in [0, 0.05) is 29.7 Å². The Hall–Kier alpha value is -1.84. The molecule has 2 aromatic rings.